The van der Waals surface area contributed by atoms with Crippen LogP contribution in [0, 0.1) is 56.7 Å². The van der Waals surface area contributed by atoms with Crippen molar-refractivity contribution in [1.82, 2.24) is 0 Å². The largest absolute Gasteiger partial charge is 0.458 e. The number of piperazine rings is 3. The fourth-order valence-corrected chi connectivity index (χ4v) is 15.3. The minimum atomic E-state index is -0.0284. The highest BCUT2D eigenvalue weighted by molar-refractivity contribution is 5.71. The number of nitrogens with zero attached hydrogens (tertiary/aromatic N) is 2. The van der Waals surface area contributed by atoms with E-state index in [0.29, 0.717) is 60.2 Å². The number of ether oxygens (including phenoxy) is 1. The van der Waals surface area contributed by atoms with Crippen LogP contribution in [0.3, 0.4) is 0 Å². The van der Waals surface area contributed by atoms with Crippen LogP contribution in [0.5, 0.6) is 0 Å². The second-order valence-corrected chi connectivity index (χ2v) is 20.4. The van der Waals surface area contributed by atoms with Crippen LogP contribution in [0.1, 0.15) is 119 Å². The van der Waals surface area contributed by atoms with E-state index in [-0.39, 0.29) is 28.3 Å². The molecule has 8 rings (SSSR count). The number of esters is 1. The number of fused-ring (bicyclic) bond motifs is 10. The lowest BCUT2D eigenvalue weighted by Gasteiger charge is -2.73. The third-order valence-electron chi connectivity index (χ3n) is 18.4. The first kappa shape index (κ1) is 35.5. The Labute approximate surface area is 293 Å². The number of hydrogen-bond acceptors (Lipinski definition) is 4. The van der Waals surface area contributed by atoms with Gasteiger partial charge in [0.25, 0.3) is 0 Å². The normalized spacial score (nSPS) is 50.5. The molecule has 2 N–H and O–H groups in total. The summed E-state index contributed by atoms with van der Waals surface area (Å²) in [5.41, 5.74) is 2.29. The third-order valence-corrected chi connectivity index (χ3v) is 18.4. The zero-order valence-corrected chi connectivity index (χ0v) is 31.8. The van der Waals surface area contributed by atoms with Crippen molar-refractivity contribution in [2.24, 2.45) is 56.7 Å². The van der Waals surface area contributed by atoms with E-state index in [2.05, 4.69) is 48.1 Å². The highest BCUT2D eigenvalue weighted by Crippen LogP contribution is 2.77. The smallest absolute Gasteiger partial charge is 0.362 e. The zero-order chi connectivity index (χ0) is 34.4. The van der Waals surface area contributed by atoms with Gasteiger partial charge in [-0.1, -0.05) is 46.8 Å². The number of carbonyl (C=O) groups is 1. The Kier molecular flexibility index (Phi) is 8.90. The van der Waals surface area contributed by atoms with E-state index < -0.39 is 0 Å². The number of aliphatic hydroxyl groups excluding tert-OH is 2. The Morgan fingerprint density at radius 1 is 0.771 bits per heavy atom. The number of unbranched alkanes of at least 4 members (excludes halogenated alkanes) is 1. The molecular formula is C42H72N2O4+2. The first-order valence-corrected chi connectivity index (χ1v) is 20.4. The summed E-state index contributed by atoms with van der Waals surface area (Å²) in [6.07, 6.45) is 14.2. The zero-order valence-electron chi connectivity index (χ0n) is 31.8. The minimum Gasteiger partial charge on any atom is -0.458 e. The second kappa shape index (κ2) is 12.1. The standard InChI is InChI=1S/C42H72N2O4/c1-30(2)31-12-17-42(29-46)19-18-40(6)32(37(31)42)10-11-34-39(5)15-14-35(38(3,4)33(39)13-16-41(34,40)7)48-36(47)28-44-24-21-43(22-25-44,23-26-44)20-8-9-27-45/h31-35,37,45-46H,1,8-29H2,2-7H3/q+2/t31-,32?,33?,34?,35-,37?,39-,40+,41+,42+,43?,44?/m0/s1. The average molecular weight is 669 g/mol. The van der Waals surface area contributed by atoms with Gasteiger partial charge in [-0.05, 0) is 135 Å². The van der Waals surface area contributed by atoms with Crippen molar-refractivity contribution >= 4 is 5.97 Å². The summed E-state index contributed by atoms with van der Waals surface area (Å²) in [4.78, 5) is 13.8. The number of rotatable bonds is 9. The van der Waals surface area contributed by atoms with Gasteiger partial charge in [-0.15, -0.1) is 0 Å². The molecule has 272 valence electrons. The van der Waals surface area contributed by atoms with Gasteiger partial charge in [0.15, 0.2) is 6.54 Å². The quantitative estimate of drug-likeness (QED) is 0.120. The van der Waals surface area contributed by atoms with E-state index >= 15 is 0 Å². The predicted octanol–water partition coefficient (Wildman–Crippen LogP) is 6.98. The van der Waals surface area contributed by atoms with Crippen LogP contribution in [-0.4, -0.2) is 96.8 Å². The van der Waals surface area contributed by atoms with Crippen molar-refractivity contribution in [3.63, 3.8) is 0 Å². The lowest BCUT2D eigenvalue weighted by atomic mass is 9.32. The SMILES string of the molecule is C=C(C)[C@@H]1CC[C@]2(CO)CC[C@]3(C)C(CCC4[C@@]5(C)CC[C@H](OC(=O)C[N+]67CC[N+](CCCCO)(CC6)CC7)C(C)(C)C5CC[C@]43C)C12. The first-order chi connectivity index (χ1) is 22.6. The molecule has 3 aliphatic heterocycles. The molecule has 3 saturated heterocycles. The molecule has 5 saturated carbocycles. The van der Waals surface area contributed by atoms with Gasteiger partial charge < -0.3 is 23.9 Å². The van der Waals surface area contributed by atoms with Crippen molar-refractivity contribution in [2.45, 2.75) is 125 Å². The fraction of sp³-hybridized carbons (Fsp3) is 0.929. The molecule has 6 nitrogen and oxygen atoms in total. The number of quaternary nitrogens is 2. The van der Waals surface area contributed by atoms with Gasteiger partial charge in [0.05, 0.1) is 6.54 Å². The van der Waals surface area contributed by atoms with Crippen LogP contribution < -0.4 is 0 Å². The van der Waals surface area contributed by atoms with Crippen molar-refractivity contribution < 1.29 is 28.7 Å². The van der Waals surface area contributed by atoms with Gasteiger partial charge in [0.2, 0.25) is 0 Å². The number of carbonyl (C=O) groups excluding carboxylic acids is 1. The van der Waals surface area contributed by atoms with Crippen molar-refractivity contribution in [1.29, 1.82) is 0 Å². The Hall–Kier alpha value is -0.950. The Bertz CT molecular complexity index is 1240. The van der Waals surface area contributed by atoms with Crippen molar-refractivity contribution in [2.75, 3.05) is 65.6 Å². The number of allylic oxidation sites excluding steroid dienone is 1. The molecular weight excluding hydrogens is 596 g/mol. The number of aliphatic hydroxyl groups is 2. The van der Waals surface area contributed by atoms with Crippen LogP contribution >= 0.6 is 0 Å². The summed E-state index contributed by atoms with van der Waals surface area (Å²) >= 11 is 0. The molecule has 2 bridgehead atoms. The van der Waals surface area contributed by atoms with E-state index in [1.54, 1.807) is 0 Å². The van der Waals surface area contributed by atoms with Crippen LogP contribution in [-0.2, 0) is 9.53 Å². The second-order valence-electron chi connectivity index (χ2n) is 20.4. The molecule has 5 aliphatic carbocycles. The topological polar surface area (TPSA) is 66.8 Å². The molecule has 0 aromatic heterocycles. The number of hydrogen-bond donors (Lipinski definition) is 2. The van der Waals surface area contributed by atoms with Crippen LogP contribution in [0.4, 0.5) is 0 Å². The molecule has 0 amide bonds. The maximum Gasteiger partial charge on any atom is 0.362 e. The Morgan fingerprint density at radius 2 is 1.46 bits per heavy atom. The van der Waals surface area contributed by atoms with E-state index in [0.717, 1.165) is 43.4 Å². The summed E-state index contributed by atoms with van der Waals surface area (Å²) in [6, 6.07) is 0. The molecule has 48 heavy (non-hydrogen) atoms. The summed E-state index contributed by atoms with van der Waals surface area (Å²) in [5.74, 6) is 3.14. The molecule has 6 heteroatoms. The first-order valence-electron chi connectivity index (χ1n) is 20.4. The molecule has 10 atom stereocenters. The highest BCUT2D eigenvalue weighted by Gasteiger charge is 2.71. The van der Waals surface area contributed by atoms with Gasteiger partial charge in [-0.25, -0.2) is 4.79 Å². The van der Waals surface area contributed by atoms with Gasteiger partial charge >= 0.3 is 5.97 Å². The van der Waals surface area contributed by atoms with Crippen molar-refractivity contribution in [3.8, 4) is 0 Å². The van der Waals surface area contributed by atoms with Gasteiger partial charge in [-0.3, -0.25) is 0 Å². The fourth-order valence-electron chi connectivity index (χ4n) is 15.3. The summed E-state index contributed by atoms with van der Waals surface area (Å²) in [7, 11) is 0. The molecule has 0 aromatic rings. The molecule has 8 fully saturated rings. The van der Waals surface area contributed by atoms with Gasteiger partial charge in [0.1, 0.15) is 45.4 Å². The van der Waals surface area contributed by atoms with E-state index in [1.807, 2.05) is 0 Å². The Morgan fingerprint density at radius 3 is 2.10 bits per heavy atom. The minimum absolute atomic E-state index is 0.00940. The monoisotopic (exact) mass is 669 g/mol. The lowest BCUT2D eigenvalue weighted by molar-refractivity contribution is -1.08. The summed E-state index contributed by atoms with van der Waals surface area (Å²) < 4.78 is 8.73. The third kappa shape index (κ3) is 5.09. The van der Waals surface area contributed by atoms with Gasteiger partial charge in [0, 0.05) is 18.6 Å². The van der Waals surface area contributed by atoms with E-state index in [4.69, 9.17) is 4.74 Å². The summed E-state index contributed by atoms with van der Waals surface area (Å²) in [6.45, 7) is 28.9. The van der Waals surface area contributed by atoms with Crippen LogP contribution in [0.2, 0.25) is 0 Å². The predicted molar refractivity (Wildman–Crippen MR) is 192 cm³/mol. The van der Waals surface area contributed by atoms with Crippen molar-refractivity contribution in [3.05, 3.63) is 12.2 Å². The van der Waals surface area contributed by atoms with Gasteiger partial charge in [-0.2, -0.15) is 0 Å². The molecule has 0 aromatic carbocycles. The molecule has 3 heterocycles. The Balaban J connectivity index is 1.04. The molecule has 8 aliphatic rings. The van der Waals surface area contributed by atoms with E-state index in [9.17, 15) is 15.0 Å². The summed E-state index contributed by atoms with van der Waals surface area (Å²) in [5, 5.41) is 20.1. The lowest BCUT2D eigenvalue weighted by Crippen LogP contribution is -2.75. The van der Waals surface area contributed by atoms with Crippen LogP contribution in [0.15, 0.2) is 12.2 Å². The molecule has 0 radical (unpaired) electrons. The van der Waals surface area contributed by atoms with Crippen LogP contribution in [0.25, 0.3) is 0 Å². The maximum absolute atomic E-state index is 13.8. The maximum atomic E-state index is 13.8. The highest BCUT2D eigenvalue weighted by atomic mass is 16.5. The molecule has 4 unspecified atom stereocenters. The van der Waals surface area contributed by atoms with E-state index in [1.165, 1.54) is 94.0 Å². The average Bonchev–Trinajstić information content (AvgIpc) is 3.44. The molecule has 0 spiro atoms.